The number of carbonyl (C=O) groups is 1. The maximum absolute atomic E-state index is 14.1. The van der Waals surface area contributed by atoms with E-state index >= 15 is 0 Å². The van der Waals surface area contributed by atoms with E-state index in [9.17, 15) is 18.8 Å². The lowest BCUT2D eigenvalue weighted by Crippen LogP contribution is -2.45. The second-order valence-corrected chi connectivity index (χ2v) is 10.9. The smallest absolute Gasteiger partial charge is 0.407 e. The molecule has 1 aromatic carbocycles. The third-order valence-corrected chi connectivity index (χ3v) is 6.42. The number of alkyl carbamates (subject to hydrolysis) is 1. The van der Waals surface area contributed by atoms with E-state index in [1.165, 1.54) is 9.13 Å². The minimum Gasteiger partial charge on any atom is -0.444 e. The molecular formula is C25H28BrFN4O4. The molecule has 3 aromatic rings. The van der Waals surface area contributed by atoms with Gasteiger partial charge in [-0.1, -0.05) is 15.9 Å². The molecule has 1 amide bonds. The molecule has 35 heavy (non-hydrogen) atoms. The van der Waals surface area contributed by atoms with Crippen LogP contribution in [0.25, 0.3) is 16.7 Å². The molecule has 1 aliphatic rings. The van der Waals surface area contributed by atoms with Crippen LogP contribution in [0.3, 0.4) is 0 Å². The number of aromatic nitrogens is 3. The van der Waals surface area contributed by atoms with Crippen LogP contribution in [0.1, 0.15) is 58.1 Å². The Hall–Kier alpha value is -3.01. The lowest BCUT2D eigenvalue weighted by atomic mass is 9.91. The molecule has 2 aromatic heterocycles. The maximum Gasteiger partial charge on any atom is 0.407 e. The van der Waals surface area contributed by atoms with Crippen LogP contribution in [0.5, 0.6) is 0 Å². The fourth-order valence-electron chi connectivity index (χ4n) is 4.54. The molecule has 0 unspecified atom stereocenters. The van der Waals surface area contributed by atoms with Gasteiger partial charge in [0.05, 0.1) is 17.3 Å². The molecule has 4 rings (SSSR count). The van der Waals surface area contributed by atoms with Crippen molar-refractivity contribution in [3.63, 3.8) is 0 Å². The lowest BCUT2D eigenvalue weighted by molar-refractivity contribution is 0.0487. The zero-order valence-electron chi connectivity index (χ0n) is 20.1. The summed E-state index contributed by atoms with van der Waals surface area (Å²) in [6.07, 6.45) is 2.66. The molecule has 186 valence electrons. The molecule has 1 saturated carbocycles. The van der Waals surface area contributed by atoms with Gasteiger partial charge in [0.1, 0.15) is 11.4 Å². The highest BCUT2D eigenvalue weighted by molar-refractivity contribution is 9.10. The van der Waals surface area contributed by atoms with Crippen molar-refractivity contribution in [3.05, 3.63) is 67.2 Å². The fraction of sp³-hybridized carbons (Fsp3) is 0.440. The quantitative estimate of drug-likeness (QED) is 0.510. The van der Waals surface area contributed by atoms with Gasteiger partial charge in [0.25, 0.3) is 5.56 Å². The maximum atomic E-state index is 14.1. The van der Waals surface area contributed by atoms with Crippen molar-refractivity contribution >= 4 is 33.1 Å². The fourth-order valence-corrected chi connectivity index (χ4v) is 5.13. The van der Waals surface area contributed by atoms with Crippen molar-refractivity contribution in [3.8, 4) is 5.69 Å². The first-order valence-electron chi connectivity index (χ1n) is 11.5. The van der Waals surface area contributed by atoms with E-state index in [1.54, 1.807) is 26.8 Å². The van der Waals surface area contributed by atoms with Crippen LogP contribution in [0, 0.1) is 12.7 Å². The number of hydrogen-bond donors (Lipinski definition) is 1. The van der Waals surface area contributed by atoms with Gasteiger partial charge in [-0.2, -0.15) is 0 Å². The number of fused-ring (bicyclic) bond motifs is 1. The van der Waals surface area contributed by atoms with E-state index in [4.69, 9.17) is 4.74 Å². The number of hydrogen-bond acceptors (Lipinski definition) is 5. The highest BCUT2D eigenvalue weighted by Crippen LogP contribution is 2.28. The van der Waals surface area contributed by atoms with Crippen LogP contribution in [0.15, 0.2) is 44.5 Å². The van der Waals surface area contributed by atoms with E-state index in [1.807, 2.05) is 19.1 Å². The third-order valence-electron chi connectivity index (χ3n) is 5.96. The number of amides is 1. The van der Waals surface area contributed by atoms with Gasteiger partial charge in [0.2, 0.25) is 0 Å². The Labute approximate surface area is 210 Å². The third kappa shape index (κ3) is 5.47. The highest BCUT2D eigenvalue weighted by atomic mass is 79.9. The van der Waals surface area contributed by atoms with Crippen LogP contribution in [-0.2, 0) is 4.74 Å². The number of ether oxygens (including phenoxy) is 1. The Morgan fingerprint density at radius 1 is 1.14 bits per heavy atom. The minimum absolute atomic E-state index is 0.0382. The molecule has 0 spiro atoms. The summed E-state index contributed by atoms with van der Waals surface area (Å²) < 4.78 is 22.8. The van der Waals surface area contributed by atoms with E-state index in [0.29, 0.717) is 31.4 Å². The standard InChI is InChI=1S/C25H28BrFN4O4/c1-14-9-15(26)11-19(10-14)30-21-20(12-16(27)13-28-21)22(32)31(24(30)34)18-7-5-17(6-8-18)29-23(33)35-25(2,3)4/h9-13,17-18H,5-8H2,1-4H3,(H,29,33). The number of halogens is 2. The van der Waals surface area contributed by atoms with Gasteiger partial charge in [-0.05, 0) is 83.2 Å². The number of aryl methyl sites for hydroxylation is 1. The van der Waals surface area contributed by atoms with E-state index in [2.05, 4.69) is 26.2 Å². The number of nitrogens with one attached hydrogen (secondary N) is 1. The largest absolute Gasteiger partial charge is 0.444 e. The van der Waals surface area contributed by atoms with Crippen LogP contribution in [0.4, 0.5) is 9.18 Å². The van der Waals surface area contributed by atoms with Crippen molar-refractivity contribution in [2.24, 2.45) is 0 Å². The Morgan fingerprint density at radius 3 is 2.46 bits per heavy atom. The molecule has 0 aliphatic heterocycles. The second kappa shape index (κ2) is 9.56. The highest BCUT2D eigenvalue weighted by Gasteiger charge is 2.29. The molecule has 8 nitrogen and oxygen atoms in total. The van der Waals surface area contributed by atoms with Crippen LogP contribution in [0.2, 0.25) is 0 Å². The summed E-state index contributed by atoms with van der Waals surface area (Å²) in [5.74, 6) is -0.651. The normalized spacial score (nSPS) is 18.5. The molecule has 10 heteroatoms. The molecule has 1 fully saturated rings. The Kier molecular flexibility index (Phi) is 6.86. The van der Waals surface area contributed by atoms with Gasteiger partial charge in [-0.25, -0.2) is 23.5 Å². The first-order valence-corrected chi connectivity index (χ1v) is 12.3. The summed E-state index contributed by atoms with van der Waals surface area (Å²) in [5.41, 5.74) is -0.150. The Bertz CT molecular complexity index is 1380. The summed E-state index contributed by atoms with van der Waals surface area (Å²) in [7, 11) is 0. The van der Waals surface area contributed by atoms with E-state index in [-0.39, 0.29) is 23.1 Å². The molecule has 0 saturated heterocycles. The zero-order chi connectivity index (χ0) is 25.5. The Morgan fingerprint density at radius 2 is 1.83 bits per heavy atom. The monoisotopic (exact) mass is 546 g/mol. The lowest BCUT2D eigenvalue weighted by Gasteiger charge is -2.31. The second-order valence-electron chi connectivity index (χ2n) is 9.96. The van der Waals surface area contributed by atoms with Gasteiger partial charge in [0.15, 0.2) is 5.65 Å². The van der Waals surface area contributed by atoms with Crippen LogP contribution in [-0.4, -0.2) is 31.9 Å². The van der Waals surface area contributed by atoms with Gasteiger partial charge in [0, 0.05) is 16.6 Å². The van der Waals surface area contributed by atoms with Crippen molar-refractivity contribution in [2.75, 3.05) is 0 Å². The van der Waals surface area contributed by atoms with Crippen molar-refractivity contribution in [1.82, 2.24) is 19.4 Å². The number of benzene rings is 1. The predicted molar refractivity (Wildman–Crippen MR) is 135 cm³/mol. The molecule has 2 heterocycles. The summed E-state index contributed by atoms with van der Waals surface area (Å²) in [4.78, 5) is 43.3. The van der Waals surface area contributed by atoms with E-state index in [0.717, 1.165) is 22.3 Å². The number of pyridine rings is 1. The van der Waals surface area contributed by atoms with Gasteiger partial charge in [-0.3, -0.25) is 9.36 Å². The first kappa shape index (κ1) is 25.1. The number of rotatable bonds is 3. The van der Waals surface area contributed by atoms with Gasteiger partial charge >= 0.3 is 11.8 Å². The van der Waals surface area contributed by atoms with Gasteiger partial charge < -0.3 is 10.1 Å². The molecular weight excluding hydrogens is 519 g/mol. The first-order chi connectivity index (χ1) is 16.4. The summed E-state index contributed by atoms with van der Waals surface area (Å²) in [6.45, 7) is 7.28. The summed E-state index contributed by atoms with van der Waals surface area (Å²) >= 11 is 3.46. The Balaban J connectivity index is 1.72. The van der Waals surface area contributed by atoms with Crippen LogP contribution >= 0.6 is 15.9 Å². The number of nitrogens with zero attached hydrogens (tertiary/aromatic N) is 3. The predicted octanol–water partition coefficient (Wildman–Crippen LogP) is 4.77. The SMILES string of the molecule is Cc1cc(Br)cc(-n2c(=O)n(C3CCC(NC(=O)OC(C)(C)C)CC3)c(=O)c3cc(F)cnc32)c1. The van der Waals surface area contributed by atoms with Crippen molar-refractivity contribution in [2.45, 2.75) is 71.1 Å². The van der Waals surface area contributed by atoms with Crippen molar-refractivity contribution < 1.29 is 13.9 Å². The average molecular weight is 547 g/mol. The molecule has 0 bridgehead atoms. The molecule has 0 radical (unpaired) electrons. The zero-order valence-corrected chi connectivity index (χ0v) is 21.7. The topological polar surface area (TPSA) is 95.2 Å². The van der Waals surface area contributed by atoms with E-state index < -0.39 is 28.8 Å². The molecule has 1 N–H and O–H groups in total. The average Bonchev–Trinajstić information content (AvgIpc) is 2.73. The number of carbonyl (C=O) groups excluding carboxylic acids is 1. The summed E-state index contributed by atoms with van der Waals surface area (Å²) in [6, 6.07) is 6.09. The minimum atomic E-state index is -0.651. The molecule has 1 aliphatic carbocycles. The van der Waals surface area contributed by atoms with Crippen molar-refractivity contribution in [1.29, 1.82) is 0 Å². The van der Waals surface area contributed by atoms with Gasteiger partial charge in [-0.15, -0.1) is 0 Å². The molecule has 0 atom stereocenters. The summed E-state index contributed by atoms with van der Waals surface area (Å²) in [5, 5.41) is 2.90. The van der Waals surface area contributed by atoms with Crippen LogP contribution < -0.4 is 16.6 Å².